The first kappa shape index (κ1) is 18.6. The molecule has 27 heavy (non-hydrogen) atoms. The predicted molar refractivity (Wildman–Crippen MR) is 109 cm³/mol. The minimum absolute atomic E-state index is 0.0746. The van der Waals surface area contributed by atoms with Crippen LogP contribution in [0.4, 0.5) is 5.69 Å². The molecule has 3 rings (SSSR count). The molecule has 1 heterocycles. The van der Waals surface area contributed by atoms with Crippen LogP contribution in [0.2, 0.25) is 0 Å². The van der Waals surface area contributed by atoms with E-state index in [0.717, 1.165) is 10.6 Å². The first-order valence-electron chi connectivity index (χ1n) is 8.47. The van der Waals surface area contributed by atoms with Gasteiger partial charge in [-0.15, -0.1) is 11.3 Å². The van der Waals surface area contributed by atoms with E-state index in [1.54, 1.807) is 41.7 Å². The van der Waals surface area contributed by atoms with Gasteiger partial charge < -0.3 is 10.1 Å². The molecule has 0 aliphatic carbocycles. The summed E-state index contributed by atoms with van der Waals surface area (Å²) in [6.07, 6.45) is 3.38. The van der Waals surface area contributed by atoms with Crippen LogP contribution in [-0.2, 0) is 4.79 Å². The molecule has 0 bridgehead atoms. The van der Waals surface area contributed by atoms with Gasteiger partial charge in [-0.05, 0) is 67.6 Å². The minimum atomic E-state index is -0.240. The van der Waals surface area contributed by atoms with E-state index < -0.39 is 0 Å². The maximum Gasteiger partial charge on any atom is 0.262 e. The molecular weight excluding hydrogens is 358 g/mol. The first-order valence-corrected chi connectivity index (χ1v) is 9.28. The Morgan fingerprint density at radius 1 is 1.00 bits per heavy atom. The van der Waals surface area contributed by atoms with Gasteiger partial charge in [0.15, 0.2) is 12.4 Å². The molecule has 0 radical (unpaired) electrons. The van der Waals surface area contributed by atoms with Gasteiger partial charge >= 0.3 is 0 Å². The van der Waals surface area contributed by atoms with E-state index in [4.69, 9.17) is 4.74 Å². The lowest BCUT2D eigenvalue weighted by atomic mass is 10.1. The lowest BCUT2D eigenvalue weighted by Gasteiger charge is -2.07. The van der Waals surface area contributed by atoms with Gasteiger partial charge in [-0.3, -0.25) is 9.59 Å². The number of ketones is 1. The van der Waals surface area contributed by atoms with Crippen LogP contribution in [0.1, 0.15) is 20.1 Å². The van der Waals surface area contributed by atoms with Crippen molar-refractivity contribution >= 4 is 34.8 Å². The topological polar surface area (TPSA) is 55.4 Å². The Morgan fingerprint density at radius 2 is 1.74 bits per heavy atom. The molecule has 1 aromatic heterocycles. The van der Waals surface area contributed by atoms with Crippen LogP contribution in [0, 0.1) is 6.92 Å². The summed E-state index contributed by atoms with van der Waals surface area (Å²) < 4.78 is 5.47. The van der Waals surface area contributed by atoms with E-state index in [0.29, 0.717) is 11.3 Å². The van der Waals surface area contributed by atoms with Crippen molar-refractivity contribution in [1.82, 2.24) is 0 Å². The number of allylic oxidation sites excluding steroid dienone is 1. The summed E-state index contributed by atoms with van der Waals surface area (Å²) in [5, 5.41) is 2.75. The molecule has 3 aromatic rings. The third-order valence-electron chi connectivity index (χ3n) is 3.73. The number of hydrogen-bond donors (Lipinski definition) is 1. The van der Waals surface area contributed by atoms with E-state index in [-0.39, 0.29) is 18.3 Å². The summed E-state index contributed by atoms with van der Waals surface area (Å²) >= 11 is 1.64. The van der Waals surface area contributed by atoms with Crippen LogP contribution in [-0.4, -0.2) is 18.3 Å². The van der Waals surface area contributed by atoms with Crippen LogP contribution < -0.4 is 10.1 Å². The minimum Gasteiger partial charge on any atom is -0.484 e. The van der Waals surface area contributed by atoms with E-state index in [1.165, 1.54) is 4.88 Å². The number of anilines is 1. The van der Waals surface area contributed by atoms with Gasteiger partial charge in [-0.25, -0.2) is 0 Å². The van der Waals surface area contributed by atoms with Crippen molar-refractivity contribution in [2.75, 3.05) is 11.9 Å². The normalized spacial score (nSPS) is 10.7. The molecule has 0 fully saturated rings. The maximum absolute atomic E-state index is 12.2. The molecule has 5 heteroatoms. The highest BCUT2D eigenvalue weighted by molar-refractivity contribution is 7.12. The van der Waals surface area contributed by atoms with Gasteiger partial charge in [0.05, 0.1) is 0 Å². The average molecular weight is 377 g/mol. The average Bonchev–Trinajstić information content (AvgIpc) is 3.11. The second-order valence-corrected chi connectivity index (χ2v) is 7.19. The molecule has 136 valence electrons. The van der Waals surface area contributed by atoms with Gasteiger partial charge in [-0.2, -0.15) is 0 Å². The van der Waals surface area contributed by atoms with Crippen molar-refractivity contribution < 1.29 is 14.3 Å². The first-order chi connectivity index (χ1) is 13.1. The van der Waals surface area contributed by atoms with Crippen LogP contribution in [0.25, 0.3) is 6.08 Å². The molecule has 0 spiro atoms. The zero-order valence-electron chi connectivity index (χ0n) is 14.8. The summed E-state index contributed by atoms with van der Waals surface area (Å²) in [6.45, 7) is 1.93. The molecule has 0 aliphatic heterocycles. The van der Waals surface area contributed by atoms with Crippen molar-refractivity contribution in [1.29, 1.82) is 0 Å². The second-order valence-electron chi connectivity index (χ2n) is 5.87. The number of nitrogens with one attached hydrogen (secondary N) is 1. The van der Waals surface area contributed by atoms with E-state index >= 15 is 0 Å². The van der Waals surface area contributed by atoms with Crippen molar-refractivity contribution in [3.05, 3.63) is 88.1 Å². The van der Waals surface area contributed by atoms with E-state index in [2.05, 4.69) is 5.32 Å². The SMILES string of the molecule is Cc1ccc(/C=C/C(=O)c2ccc(OCC(=O)Nc3ccccc3)cc2)s1. The molecule has 4 nitrogen and oxygen atoms in total. The van der Waals surface area contributed by atoms with Crippen molar-refractivity contribution in [2.24, 2.45) is 0 Å². The lowest BCUT2D eigenvalue weighted by Crippen LogP contribution is -2.20. The molecule has 2 aromatic carbocycles. The Hall–Kier alpha value is -3.18. The predicted octanol–water partition coefficient (Wildman–Crippen LogP) is 4.97. The van der Waals surface area contributed by atoms with Gasteiger partial charge in [0, 0.05) is 21.0 Å². The lowest BCUT2D eigenvalue weighted by molar-refractivity contribution is -0.118. The Bertz CT molecular complexity index is 943. The van der Waals surface area contributed by atoms with Crippen molar-refractivity contribution in [3.8, 4) is 5.75 Å². The van der Waals surface area contributed by atoms with Crippen molar-refractivity contribution in [3.63, 3.8) is 0 Å². The number of para-hydroxylation sites is 1. The van der Waals surface area contributed by atoms with Gasteiger partial charge in [0.2, 0.25) is 0 Å². The highest BCUT2D eigenvalue weighted by Gasteiger charge is 2.06. The van der Waals surface area contributed by atoms with Gasteiger partial charge in [-0.1, -0.05) is 18.2 Å². The fourth-order valence-electron chi connectivity index (χ4n) is 2.38. The summed E-state index contributed by atoms with van der Waals surface area (Å²) in [5.74, 6) is 0.220. The maximum atomic E-state index is 12.2. The summed E-state index contributed by atoms with van der Waals surface area (Å²) in [5.41, 5.74) is 1.29. The van der Waals surface area contributed by atoms with Crippen LogP contribution in [0.15, 0.2) is 72.8 Å². The summed E-state index contributed by atoms with van der Waals surface area (Å²) in [6, 6.07) is 20.0. The monoisotopic (exact) mass is 377 g/mol. The standard InChI is InChI=1S/C22H19NO3S/c1-16-7-12-20(27-16)13-14-21(24)17-8-10-19(11-9-17)26-15-22(25)23-18-5-3-2-4-6-18/h2-14H,15H2,1H3,(H,23,25)/b14-13+. The van der Waals surface area contributed by atoms with Crippen LogP contribution >= 0.6 is 11.3 Å². The molecule has 0 saturated carbocycles. The number of amides is 1. The molecule has 0 unspecified atom stereocenters. The highest BCUT2D eigenvalue weighted by atomic mass is 32.1. The molecule has 1 N–H and O–H groups in total. The van der Waals surface area contributed by atoms with Crippen LogP contribution in [0.3, 0.4) is 0 Å². The number of carbonyl (C=O) groups excluding carboxylic acids is 2. The van der Waals surface area contributed by atoms with E-state index in [9.17, 15) is 9.59 Å². The molecular formula is C22H19NO3S. The Kier molecular flexibility index (Phi) is 6.18. The third-order valence-corrected chi connectivity index (χ3v) is 4.69. The molecule has 0 saturated heterocycles. The van der Waals surface area contributed by atoms with Gasteiger partial charge in [0.25, 0.3) is 5.91 Å². The summed E-state index contributed by atoms with van der Waals surface area (Å²) in [4.78, 5) is 26.4. The molecule has 0 aliphatic rings. The number of thiophene rings is 1. The van der Waals surface area contributed by atoms with Crippen molar-refractivity contribution in [2.45, 2.75) is 6.92 Å². The van der Waals surface area contributed by atoms with Gasteiger partial charge in [0.1, 0.15) is 5.75 Å². The van der Waals surface area contributed by atoms with Crippen LogP contribution in [0.5, 0.6) is 5.75 Å². The number of benzene rings is 2. The third kappa shape index (κ3) is 5.66. The number of carbonyl (C=O) groups is 2. The zero-order valence-corrected chi connectivity index (χ0v) is 15.7. The second kappa shape index (κ2) is 8.96. The zero-order chi connectivity index (χ0) is 19.1. The quantitative estimate of drug-likeness (QED) is 0.467. The highest BCUT2D eigenvalue weighted by Crippen LogP contribution is 2.18. The molecule has 1 amide bonds. The number of aryl methyl sites for hydroxylation is 1. The Morgan fingerprint density at radius 3 is 2.41 bits per heavy atom. The Labute approximate surface area is 162 Å². The van der Waals surface area contributed by atoms with E-state index in [1.807, 2.05) is 55.5 Å². The number of hydrogen-bond acceptors (Lipinski definition) is 4. The number of rotatable bonds is 7. The fourth-order valence-corrected chi connectivity index (χ4v) is 3.16. The fraction of sp³-hybridized carbons (Fsp3) is 0.0909. The molecule has 0 atom stereocenters. The summed E-state index contributed by atoms with van der Waals surface area (Å²) in [7, 11) is 0. The largest absolute Gasteiger partial charge is 0.484 e. The number of ether oxygens (including phenoxy) is 1. The smallest absolute Gasteiger partial charge is 0.262 e. The Balaban J connectivity index is 1.51.